The molecule has 0 fully saturated rings. The summed E-state index contributed by atoms with van der Waals surface area (Å²) in [6.07, 6.45) is 1.08. The van der Waals surface area contributed by atoms with E-state index in [1.54, 1.807) is 12.1 Å². The third kappa shape index (κ3) is 4.80. The van der Waals surface area contributed by atoms with Crippen LogP contribution in [-0.2, 0) is 19.6 Å². The van der Waals surface area contributed by atoms with Gasteiger partial charge in [-0.25, -0.2) is 0 Å². The fraction of sp³-hybridized carbons (Fsp3) is 0.500. The lowest BCUT2D eigenvalue weighted by Gasteiger charge is -2.21. The van der Waals surface area contributed by atoms with Gasteiger partial charge in [0.2, 0.25) is 0 Å². The summed E-state index contributed by atoms with van der Waals surface area (Å²) in [7, 11) is 1.51. The number of methoxy groups -OCH3 is 1. The maximum absolute atomic E-state index is 12.4. The van der Waals surface area contributed by atoms with Crippen molar-refractivity contribution in [3.8, 4) is 11.5 Å². The number of nitrogens with one attached hydrogen (secondary N) is 1. The molecule has 1 amide bonds. The highest BCUT2D eigenvalue weighted by Crippen LogP contribution is 2.23. The van der Waals surface area contributed by atoms with Gasteiger partial charge in [-0.3, -0.25) is 14.4 Å². The van der Waals surface area contributed by atoms with Crippen molar-refractivity contribution in [2.75, 3.05) is 20.2 Å². The van der Waals surface area contributed by atoms with Crippen molar-refractivity contribution in [3.63, 3.8) is 0 Å². The van der Waals surface area contributed by atoms with Crippen LogP contribution in [0.2, 0.25) is 0 Å². The first-order valence-corrected chi connectivity index (χ1v) is 9.39. The molecule has 1 aliphatic heterocycles. The van der Waals surface area contributed by atoms with E-state index in [4.69, 9.17) is 4.74 Å². The molecule has 0 saturated carbocycles. The largest absolute Gasteiger partial charge is 0.507 e. The summed E-state index contributed by atoms with van der Waals surface area (Å²) in [5, 5.41) is 17.5. The van der Waals surface area contributed by atoms with Gasteiger partial charge in [-0.15, -0.1) is 0 Å². The Balaban J connectivity index is 1.63. The van der Waals surface area contributed by atoms with Crippen molar-refractivity contribution >= 4 is 5.91 Å². The smallest absolute Gasteiger partial charge is 0.255 e. The van der Waals surface area contributed by atoms with Gasteiger partial charge < -0.3 is 15.2 Å². The zero-order valence-corrected chi connectivity index (χ0v) is 16.2. The molecule has 1 aliphatic rings. The number of nitrogens with zero attached hydrogens (tertiary/aromatic N) is 3. The Hall–Kier alpha value is -2.54. The molecule has 3 rings (SSSR count). The van der Waals surface area contributed by atoms with E-state index in [1.165, 1.54) is 18.9 Å². The van der Waals surface area contributed by atoms with Gasteiger partial charge >= 0.3 is 0 Å². The highest BCUT2D eigenvalue weighted by Gasteiger charge is 2.18. The van der Waals surface area contributed by atoms with Crippen LogP contribution < -0.4 is 10.1 Å². The zero-order valence-electron chi connectivity index (χ0n) is 16.2. The number of benzene rings is 1. The summed E-state index contributed by atoms with van der Waals surface area (Å²) in [5.41, 5.74) is 2.24. The second-order valence-corrected chi connectivity index (χ2v) is 7.40. The molecule has 0 unspecified atom stereocenters. The highest BCUT2D eigenvalue weighted by atomic mass is 16.5. The Labute approximate surface area is 159 Å². The lowest BCUT2D eigenvalue weighted by Crippen LogP contribution is -2.27. The van der Waals surface area contributed by atoms with E-state index in [1.807, 2.05) is 4.68 Å². The van der Waals surface area contributed by atoms with E-state index < -0.39 is 0 Å². The molecule has 2 heterocycles. The summed E-state index contributed by atoms with van der Waals surface area (Å²) in [6.45, 7) is 8.75. The van der Waals surface area contributed by atoms with Crippen LogP contribution in [0, 0.1) is 5.92 Å². The fourth-order valence-electron chi connectivity index (χ4n) is 3.44. The molecule has 0 aliphatic carbocycles. The van der Waals surface area contributed by atoms with E-state index in [0.29, 0.717) is 18.2 Å². The van der Waals surface area contributed by atoms with Crippen LogP contribution in [0.25, 0.3) is 0 Å². The number of fused-ring (bicyclic) bond motifs is 1. The number of aryl methyl sites for hydroxylation is 1. The van der Waals surface area contributed by atoms with Crippen LogP contribution in [-0.4, -0.2) is 45.9 Å². The standard InChI is InChI=1S/C20H28N4O3/c1-14(2)12-23-7-4-8-24-16(13-23)9-15(22-24)11-21-20(26)18-6-5-17(27-3)10-19(18)25/h5-6,9-10,14,25H,4,7-8,11-13H2,1-3H3,(H,21,26). The molecule has 0 atom stereocenters. The Morgan fingerprint density at radius 1 is 1.33 bits per heavy atom. The number of phenols is 1. The summed E-state index contributed by atoms with van der Waals surface area (Å²) in [4.78, 5) is 14.8. The molecule has 0 bridgehead atoms. The van der Waals surface area contributed by atoms with Crippen molar-refractivity contribution < 1.29 is 14.6 Å². The van der Waals surface area contributed by atoms with Gasteiger partial charge in [0.1, 0.15) is 11.5 Å². The van der Waals surface area contributed by atoms with Crippen molar-refractivity contribution in [1.29, 1.82) is 0 Å². The monoisotopic (exact) mass is 372 g/mol. The number of aromatic hydroxyl groups is 1. The molecule has 7 heteroatoms. The Bertz CT molecular complexity index is 801. The number of ether oxygens (including phenoxy) is 1. The number of hydrogen-bond acceptors (Lipinski definition) is 5. The van der Waals surface area contributed by atoms with Gasteiger partial charge in [-0.05, 0) is 30.5 Å². The Morgan fingerprint density at radius 2 is 2.15 bits per heavy atom. The van der Waals surface area contributed by atoms with Gasteiger partial charge in [0.05, 0.1) is 30.6 Å². The minimum Gasteiger partial charge on any atom is -0.507 e. The van der Waals surface area contributed by atoms with E-state index in [0.717, 1.165) is 38.3 Å². The van der Waals surface area contributed by atoms with Gasteiger partial charge in [0.25, 0.3) is 5.91 Å². The van der Waals surface area contributed by atoms with Gasteiger partial charge in [0.15, 0.2) is 0 Å². The maximum atomic E-state index is 12.4. The van der Waals surface area contributed by atoms with Gasteiger partial charge in [-0.1, -0.05) is 13.8 Å². The molecule has 1 aromatic carbocycles. The highest BCUT2D eigenvalue weighted by molar-refractivity contribution is 5.96. The number of carbonyl (C=O) groups excluding carboxylic acids is 1. The number of phenolic OH excluding ortho intramolecular Hbond substituents is 1. The van der Waals surface area contributed by atoms with Gasteiger partial charge in [-0.2, -0.15) is 5.10 Å². The normalized spacial score (nSPS) is 14.7. The van der Waals surface area contributed by atoms with Crippen LogP contribution >= 0.6 is 0 Å². The summed E-state index contributed by atoms with van der Waals surface area (Å²) in [5.74, 6) is 0.708. The van der Waals surface area contributed by atoms with Crippen molar-refractivity contribution in [3.05, 3.63) is 41.2 Å². The molecule has 0 spiro atoms. The Kier molecular flexibility index (Phi) is 6.01. The summed E-state index contributed by atoms with van der Waals surface area (Å²) < 4.78 is 7.09. The fourth-order valence-corrected chi connectivity index (χ4v) is 3.44. The molecule has 0 saturated heterocycles. The first-order chi connectivity index (χ1) is 13.0. The van der Waals surface area contributed by atoms with E-state index >= 15 is 0 Å². The predicted octanol–water partition coefficient (Wildman–Crippen LogP) is 2.39. The zero-order chi connectivity index (χ0) is 19.4. The van der Waals surface area contributed by atoms with Crippen LogP contribution in [0.15, 0.2) is 24.3 Å². The number of hydrogen-bond donors (Lipinski definition) is 2. The van der Waals surface area contributed by atoms with Gasteiger partial charge in [0, 0.05) is 32.2 Å². The molecular formula is C20H28N4O3. The predicted molar refractivity (Wildman–Crippen MR) is 103 cm³/mol. The lowest BCUT2D eigenvalue weighted by atomic mass is 10.1. The number of amides is 1. The SMILES string of the molecule is COc1ccc(C(=O)NCc2cc3n(n2)CCCN(CC(C)C)C3)c(O)c1. The third-order valence-corrected chi connectivity index (χ3v) is 4.65. The average Bonchev–Trinajstić information content (AvgIpc) is 2.91. The third-order valence-electron chi connectivity index (χ3n) is 4.65. The molecule has 2 N–H and O–H groups in total. The topological polar surface area (TPSA) is 79.6 Å². The Morgan fingerprint density at radius 3 is 2.85 bits per heavy atom. The van der Waals surface area contributed by atoms with Crippen molar-refractivity contribution in [2.24, 2.45) is 5.92 Å². The van der Waals surface area contributed by atoms with Crippen LogP contribution in [0.4, 0.5) is 0 Å². The minimum absolute atomic E-state index is 0.100. The second kappa shape index (κ2) is 8.43. The van der Waals surface area contributed by atoms with Crippen LogP contribution in [0.5, 0.6) is 11.5 Å². The second-order valence-electron chi connectivity index (χ2n) is 7.40. The van der Waals surface area contributed by atoms with Crippen LogP contribution in [0.1, 0.15) is 42.0 Å². The molecule has 2 aromatic rings. The van der Waals surface area contributed by atoms with E-state index in [2.05, 4.69) is 35.2 Å². The molecule has 27 heavy (non-hydrogen) atoms. The summed E-state index contributed by atoms with van der Waals surface area (Å²) >= 11 is 0. The first-order valence-electron chi connectivity index (χ1n) is 9.39. The summed E-state index contributed by atoms with van der Waals surface area (Å²) in [6, 6.07) is 6.69. The van der Waals surface area contributed by atoms with Crippen molar-refractivity contribution in [2.45, 2.75) is 39.9 Å². The van der Waals surface area contributed by atoms with Crippen LogP contribution in [0.3, 0.4) is 0 Å². The number of carbonyl (C=O) groups is 1. The quantitative estimate of drug-likeness (QED) is 0.814. The maximum Gasteiger partial charge on any atom is 0.255 e. The van der Waals surface area contributed by atoms with Crippen molar-refractivity contribution in [1.82, 2.24) is 20.0 Å². The minimum atomic E-state index is -0.334. The molecule has 146 valence electrons. The molecular weight excluding hydrogens is 344 g/mol. The lowest BCUT2D eigenvalue weighted by molar-refractivity contribution is 0.0947. The average molecular weight is 372 g/mol. The number of rotatable bonds is 6. The molecule has 0 radical (unpaired) electrons. The number of aromatic nitrogens is 2. The molecule has 7 nitrogen and oxygen atoms in total. The molecule has 1 aromatic heterocycles. The van der Waals surface area contributed by atoms with E-state index in [-0.39, 0.29) is 17.2 Å². The first kappa shape index (κ1) is 19.2. The van der Waals surface area contributed by atoms with E-state index in [9.17, 15) is 9.90 Å².